The van der Waals surface area contributed by atoms with Gasteiger partial charge in [0, 0.05) is 9.47 Å². The highest BCUT2D eigenvalue weighted by molar-refractivity contribution is 7.09. The van der Waals surface area contributed by atoms with Crippen molar-refractivity contribution in [3.8, 4) is 0 Å². The summed E-state index contributed by atoms with van der Waals surface area (Å²) < 4.78 is 10.1. The lowest BCUT2D eigenvalue weighted by Gasteiger charge is -2.12. The van der Waals surface area contributed by atoms with Gasteiger partial charge in [0.1, 0.15) is 0 Å². The summed E-state index contributed by atoms with van der Waals surface area (Å²) >= 11 is 0. The van der Waals surface area contributed by atoms with Crippen molar-refractivity contribution >= 4 is 15.4 Å². The van der Waals surface area contributed by atoms with Crippen LogP contribution in [0.5, 0.6) is 0 Å². The summed E-state index contributed by atoms with van der Waals surface area (Å²) in [5, 5.41) is 0. The Labute approximate surface area is 114 Å². The van der Waals surface area contributed by atoms with Crippen LogP contribution in [0.15, 0.2) is 12.3 Å². The molecular weight excluding hydrogens is 247 g/mol. The highest BCUT2D eigenvalue weighted by atomic mass is 31.0. The minimum absolute atomic E-state index is 0.297. The van der Waals surface area contributed by atoms with Crippen LogP contribution >= 0.6 is 9.47 Å². The quantitative estimate of drug-likeness (QED) is 0.243. The Hall–Kier alpha value is -0.400. The molecule has 0 aliphatic heterocycles. The average Bonchev–Trinajstić information content (AvgIpc) is 2.38. The molecule has 0 aromatic heterocycles. The van der Waals surface area contributed by atoms with Crippen molar-refractivity contribution in [2.45, 2.75) is 71.3 Å². The van der Waals surface area contributed by atoms with Crippen molar-refractivity contribution in [2.24, 2.45) is 0 Å². The zero-order valence-electron chi connectivity index (χ0n) is 11.7. The Kier molecular flexibility index (Phi) is 12.8. The number of hydrogen-bond acceptors (Lipinski definition) is 3. The maximum absolute atomic E-state index is 11.7. The molecule has 0 bridgehead atoms. The first-order chi connectivity index (χ1) is 8.76. The molecule has 0 radical (unpaired) electrons. The van der Waals surface area contributed by atoms with Gasteiger partial charge in [-0.15, -0.1) is 0 Å². The molecule has 3 nitrogen and oxygen atoms in total. The molecule has 2 atom stereocenters. The van der Waals surface area contributed by atoms with Crippen LogP contribution in [0.4, 0.5) is 0 Å². The first-order valence-corrected chi connectivity index (χ1v) is 7.44. The Balaban J connectivity index is 3.77. The van der Waals surface area contributed by atoms with Crippen LogP contribution in [0.1, 0.15) is 65.2 Å². The molecule has 2 unspecified atom stereocenters. The summed E-state index contributed by atoms with van der Waals surface area (Å²) in [5.41, 5.74) is 0. The first kappa shape index (κ1) is 17.6. The number of hydrogen-bond donors (Lipinski definition) is 0. The molecule has 0 N–H and O–H groups in total. The summed E-state index contributed by atoms with van der Waals surface area (Å²) in [4.78, 5) is 11.7. The van der Waals surface area contributed by atoms with Gasteiger partial charge >= 0.3 is 5.97 Å². The Bertz CT molecular complexity index is 229. The van der Waals surface area contributed by atoms with Crippen LogP contribution in [0.25, 0.3) is 0 Å². The molecule has 0 aliphatic rings. The van der Waals surface area contributed by atoms with Crippen LogP contribution in [0, 0.1) is 0 Å². The van der Waals surface area contributed by atoms with Crippen LogP contribution in [0.2, 0.25) is 0 Å². The lowest BCUT2D eigenvalue weighted by molar-refractivity contribution is -0.145. The lowest BCUT2D eigenvalue weighted by Crippen LogP contribution is -2.22. The first-order valence-electron chi connectivity index (χ1n) is 6.97. The van der Waals surface area contributed by atoms with Crippen LogP contribution in [-0.4, -0.2) is 12.1 Å². The number of esters is 1. The molecule has 4 heteroatoms. The summed E-state index contributed by atoms with van der Waals surface area (Å²) in [7, 11) is 2.15. The maximum atomic E-state index is 11.7. The fraction of sp³-hybridized carbons (Fsp3) is 0.786. The van der Waals surface area contributed by atoms with Gasteiger partial charge in [0.15, 0.2) is 6.10 Å². The number of allylic oxidation sites excluding steroid dienone is 1. The molecule has 0 aromatic rings. The number of rotatable bonds is 11. The smallest absolute Gasteiger partial charge is 0.340 e. The van der Waals surface area contributed by atoms with Crippen molar-refractivity contribution in [2.75, 3.05) is 0 Å². The van der Waals surface area contributed by atoms with Crippen LogP contribution in [0.3, 0.4) is 0 Å². The molecule has 0 fully saturated rings. The predicted molar refractivity (Wildman–Crippen MR) is 78.1 cm³/mol. The van der Waals surface area contributed by atoms with E-state index >= 15 is 0 Å². The Morgan fingerprint density at radius 3 is 2.50 bits per heavy atom. The fourth-order valence-corrected chi connectivity index (χ4v) is 1.83. The predicted octanol–water partition coefficient (Wildman–Crippen LogP) is 4.38. The normalized spacial score (nSPS) is 12.8. The highest BCUT2D eigenvalue weighted by Gasteiger charge is 2.18. The molecule has 0 aliphatic carbocycles. The fourth-order valence-electron chi connectivity index (χ4n) is 1.58. The highest BCUT2D eigenvalue weighted by Crippen LogP contribution is 2.12. The van der Waals surface area contributed by atoms with Gasteiger partial charge in [-0.25, -0.2) is 4.79 Å². The maximum Gasteiger partial charge on any atom is 0.340 e. The van der Waals surface area contributed by atoms with Gasteiger partial charge in [-0.05, 0) is 25.3 Å². The third-order valence-corrected chi connectivity index (χ3v) is 3.08. The van der Waals surface area contributed by atoms with E-state index in [4.69, 9.17) is 9.26 Å². The number of unbranched alkanes of at least 4 members (excludes halogenated alkanes) is 5. The summed E-state index contributed by atoms with van der Waals surface area (Å²) in [6, 6.07) is 0. The number of carbonyl (C=O) groups is 1. The molecule has 0 aromatic carbocycles. The van der Waals surface area contributed by atoms with Gasteiger partial charge in [-0.3, -0.25) is 0 Å². The molecule has 0 saturated carbocycles. The zero-order chi connectivity index (χ0) is 13.6. The zero-order valence-corrected chi connectivity index (χ0v) is 12.8. The average molecular weight is 274 g/mol. The molecule has 0 spiro atoms. The van der Waals surface area contributed by atoms with Gasteiger partial charge in [0.25, 0.3) is 0 Å². The third-order valence-electron chi connectivity index (χ3n) is 2.75. The van der Waals surface area contributed by atoms with E-state index in [-0.39, 0.29) is 5.97 Å². The molecule has 0 amide bonds. The second kappa shape index (κ2) is 13.0. The second-order valence-corrected chi connectivity index (χ2v) is 4.70. The standard InChI is InChI=1S/C14H27O3P/c1-3-5-7-9-11-13(17-18)14(15)16-12-10-8-6-4-2/h10,12-13H,3-9,11,18H2,1-2H3. The van der Waals surface area contributed by atoms with E-state index in [1.807, 2.05) is 6.08 Å². The van der Waals surface area contributed by atoms with E-state index in [2.05, 4.69) is 23.3 Å². The van der Waals surface area contributed by atoms with Crippen LogP contribution in [-0.2, 0) is 14.1 Å². The third kappa shape index (κ3) is 9.61. The van der Waals surface area contributed by atoms with E-state index in [1.54, 1.807) is 0 Å². The van der Waals surface area contributed by atoms with Gasteiger partial charge < -0.3 is 9.26 Å². The molecule has 18 heavy (non-hydrogen) atoms. The molecule has 0 heterocycles. The minimum atomic E-state index is -0.456. The minimum Gasteiger partial charge on any atom is -0.433 e. The van der Waals surface area contributed by atoms with Gasteiger partial charge in [-0.2, -0.15) is 0 Å². The lowest BCUT2D eigenvalue weighted by atomic mass is 10.1. The SMILES string of the molecule is CCCCC=COC(=O)C(CCCCCC)OP. The summed E-state index contributed by atoms with van der Waals surface area (Å²) in [6.07, 6.45) is 11.4. The van der Waals surface area contributed by atoms with E-state index in [0.717, 1.165) is 38.5 Å². The van der Waals surface area contributed by atoms with Crippen molar-refractivity contribution in [3.63, 3.8) is 0 Å². The molecule has 0 saturated heterocycles. The van der Waals surface area contributed by atoms with Gasteiger partial charge in [-0.1, -0.05) is 46.0 Å². The number of ether oxygens (including phenoxy) is 1. The van der Waals surface area contributed by atoms with Crippen molar-refractivity contribution in [1.82, 2.24) is 0 Å². The van der Waals surface area contributed by atoms with E-state index in [9.17, 15) is 4.79 Å². The molecule has 0 rings (SSSR count). The van der Waals surface area contributed by atoms with E-state index in [1.165, 1.54) is 19.1 Å². The molecule has 106 valence electrons. The van der Waals surface area contributed by atoms with Crippen molar-refractivity contribution < 1.29 is 14.1 Å². The Morgan fingerprint density at radius 1 is 1.17 bits per heavy atom. The summed E-state index contributed by atoms with van der Waals surface area (Å²) in [6.45, 7) is 4.30. The summed E-state index contributed by atoms with van der Waals surface area (Å²) in [5.74, 6) is -0.297. The van der Waals surface area contributed by atoms with Crippen molar-refractivity contribution in [1.29, 1.82) is 0 Å². The monoisotopic (exact) mass is 274 g/mol. The van der Waals surface area contributed by atoms with Gasteiger partial charge in [0.2, 0.25) is 0 Å². The van der Waals surface area contributed by atoms with Crippen LogP contribution < -0.4 is 0 Å². The largest absolute Gasteiger partial charge is 0.433 e. The number of carbonyl (C=O) groups excluding carboxylic acids is 1. The van der Waals surface area contributed by atoms with Gasteiger partial charge in [0.05, 0.1) is 6.26 Å². The van der Waals surface area contributed by atoms with E-state index in [0.29, 0.717) is 0 Å². The van der Waals surface area contributed by atoms with Crippen molar-refractivity contribution in [3.05, 3.63) is 12.3 Å². The van der Waals surface area contributed by atoms with E-state index < -0.39 is 6.10 Å². The topological polar surface area (TPSA) is 35.5 Å². The Morgan fingerprint density at radius 2 is 1.89 bits per heavy atom. The molecular formula is C14H27O3P. The second-order valence-electron chi connectivity index (χ2n) is 4.42.